The average Bonchev–Trinajstić information content (AvgIpc) is 2.04. The fourth-order valence-corrected chi connectivity index (χ4v) is 0.899. The third-order valence-corrected chi connectivity index (χ3v) is 1.56. The second kappa shape index (κ2) is 3.43. The minimum atomic E-state index is -1.45. The van der Waals surface area contributed by atoms with Crippen LogP contribution in [0.15, 0.2) is 30.8 Å². The van der Waals surface area contributed by atoms with Crippen molar-refractivity contribution in [3.63, 3.8) is 0 Å². The first kappa shape index (κ1) is 8.84. The molecule has 0 radical (unpaired) electrons. The lowest BCUT2D eigenvalue weighted by molar-refractivity contribution is 0.426. The topological polar surface area (TPSA) is 66.5 Å². The van der Waals surface area contributed by atoms with Gasteiger partial charge in [0.25, 0.3) is 0 Å². The van der Waals surface area contributed by atoms with Gasteiger partial charge >= 0.3 is 7.12 Å². The van der Waals surface area contributed by atoms with Crippen LogP contribution in [0.2, 0.25) is 0 Å². The van der Waals surface area contributed by atoms with Crippen molar-refractivity contribution in [2.75, 3.05) is 0 Å². The van der Waals surface area contributed by atoms with Crippen molar-refractivity contribution < 1.29 is 10.0 Å². The van der Waals surface area contributed by atoms with Crippen LogP contribution in [0.4, 0.5) is 0 Å². The van der Waals surface area contributed by atoms with Crippen molar-refractivity contribution in [2.24, 2.45) is 5.73 Å². The maximum absolute atomic E-state index is 8.82. The smallest absolute Gasteiger partial charge is 0.423 e. The molecule has 0 aliphatic rings. The van der Waals surface area contributed by atoms with Crippen molar-refractivity contribution in [3.8, 4) is 0 Å². The second-order valence-corrected chi connectivity index (χ2v) is 2.52. The molecule has 1 rings (SSSR count). The molecule has 0 aliphatic heterocycles. The molecule has 0 fully saturated rings. The van der Waals surface area contributed by atoms with E-state index >= 15 is 0 Å². The third kappa shape index (κ3) is 1.87. The first-order valence-electron chi connectivity index (χ1n) is 3.52. The summed E-state index contributed by atoms with van der Waals surface area (Å²) in [4.78, 5) is 0. The van der Waals surface area contributed by atoms with Crippen molar-refractivity contribution in [2.45, 2.75) is 0 Å². The summed E-state index contributed by atoms with van der Waals surface area (Å²) in [7, 11) is -1.45. The average molecular weight is 163 g/mol. The molecule has 62 valence electrons. The van der Waals surface area contributed by atoms with Gasteiger partial charge < -0.3 is 15.8 Å². The monoisotopic (exact) mass is 163 g/mol. The van der Waals surface area contributed by atoms with Gasteiger partial charge in [-0.2, -0.15) is 0 Å². The van der Waals surface area contributed by atoms with Crippen molar-refractivity contribution >= 4 is 18.3 Å². The molecule has 0 bridgehead atoms. The third-order valence-electron chi connectivity index (χ3n) is 1.56. The molecule has 0 saturated carbocycles. The normalized spacial score (nSPS) is 9.50. The fraction of sp³-hybridized carbons (Fsp3) is 0. The molecule has 12 heavy (non-hydrogen) atoms. The van der Waals surface area contributed by atoms with Crippen LogP contribution in [-0.2, 0) is 0 Å². The lowest BCUT2D eigenvalue weighted by Crippen LogP contribution is -2.29. The molecule has 1 aromatic rings. The van der Waals surface area contributed by atoms with Gasteiger partial charge in [-0.05, 0) is 11.0 Å². The zero-order valence-electron chi connectivity index (χ0n) is 6.57. The Hall–Kier alpha value is -1.26. The summed E-state index contributed by atoms with van der Waals surface area (Å²) < 4.78 is 0. The van der Waals surface area contributed by atoms with Gasteiger partial charge in [-0.25, -0.2) is 0 Å². The van der Waals surface area contributed by atoms with Crippen LogP contribution in [0.25, 0.3) is 5.70 Å². The van der Waals surface area contributed by atoms with Gasteiger partial charge in [0.2, 0.25) is 0 Å². The summed E-state index contributed by atoms with van der Waals surface area (Å²) >= 11 is 0. The number of benzene rings is 1. The molecule has 0 saturated heterocycles. The first-order valence-corrected chi connectivity index (χ1v) is 3.52. The van der Waals surface area contributed by atoms with E-state index in [9.17, 15) is 0 Å². The van der Waals surface area contributed by atoms with Crippen LogP contribution < -0.4 is 11.2 Å². The Balaban J connectivity index is 3.04. The van der Waals surface area contributed by atoms with E-state index in [1.165, 1.54) is 0 Å². The predicted octanol–water partition coefficient (Wildman–Crippen LogP) is -0.704. The predicted molar refractivity (Wildman–Crippen MR) is 49.5 cm³/mol. The van der Waals surface area contributed by atoms with Gasteiger partial charge in [0.1, 0.15) is 0 Å². The van der Waals surface area contributed by atoms with E-state index in [0.717, 1.165) is 0 Å². The van der Waals surface area contributed by atoms with Crippen molar-refractivity contribution in [1.29, 1.82) is 0 Å². The Morgan fingerprint density at radius 3 is 2.58 bits per heavy atom. The maximum Gasteiger partial charge on any atom is 0.488 e. The highest BCUT2D eigenvalue weighted by molar-refractivity contribution is 6.58. The van der Waals surface area contributed by atoms with Gasteiger partial charge in [-0.1, -0.05) is 30.8 Å². The molecule has 0 spiro atoms. The molecule has 4 N–H and O–H groups in total. The number of nitrogens with two attached hydrogens (primary N) is 1. The van der Waals surface area contributed by atoms with Crippen LogP contribution in [0.5, 0.6) is 0 Å². The molecule has 0 unspecified atom stereocenters. The van der Waals surface area contributed by atoms with Crippen LogP contribution in [0, 0.1) is 0 Å². The highest BCUT2D eigenvalue weighted by Crippen LogP contribution is 2.03. The zero-order valence-corrected chi connectivity index (χ0v) is 6.57. The molecule has 0 aromatic heterocycles. The Bertz CT molecular complexity index is 299. The summed E-state index contributed by atoms with van der Waals surface area (Å²) in [6, 6.07) is 6.65. The van der Waals surface area contributed by atoms with E-state index in [4.69, 9.17) is 15.8 Å². The van der Waals surface area contributed by atoms with E-state index in [0.29, 0.717) is 16.7 Å². The van der Waals surface area contributed by atoms with E-state index in [1.807, 2.05) is 0 Å². The summed E-state index contributed by atoms with van der Waals surface area (Å²) in [6.07, 6.45) is 0. The van der Waals surface area contributed by atoms with Gasteiger partial charge in [-0.3, -0.25) is 0 Å². The highest BCUT2D eigenvalue weighted by atomic mass is 16.4. The first-order chi connectivity index (χ1) is 5.61. The number of rotatable bonds is 2. The minimum Gasteiger partial charge on any atom is -0.423 e. The highest BCUT2D eigenvalue weighted by Gasteiger charge is 2.10. The Labute approximate surface area is 71.3 Å². The molecule has 0 heterocycles. The van der Waals surface area contributed by atoms with E-state index < -0.39 is 7.12 Å². The Kier molecular flexibility index (Phi) is 2.52. The molecule has 3 nitrogen and oxygen atoms in total. The fourth-order valence-electron chi connectivity index (χ4n) is 0.899. The minimum absolute atomic E-state index is 0.414. The number of hydrogen-bond acceptors (Lipinski definition) is 3. The Morgan fingerprint density at radius 2 is 2.08 bits per heavy atom. The lowest BCUT2D eigenvalue weighted by atomic mass is 9.79. The standard InChI is InChI=1S/C8H10BNO2/c1-6(10)7-3-2-4-8(5-7)9(11)12/h2-5,11-12H,1,10H2. The molecule has 0 atom stereocenters. The number of hydrogen-bond donors (Lipinski definition) is 3. The van der Waals surface area contributed by atoms with Gasteiger partial charge in [0.15, 0.2) is 0 Å². The molecule has 0 aliphatic carbocycles. The summed E-state index contributed by atoms with van der Waals surface area (Å²) in [5.41, 5.74) is 6.96. The van der Waals surface area contributed by atoms with Crippen LogP contribution in [0.1, 0.15) is 5.56 Å². The van der Waals surface area contributed by atoms with Crippen LogP contribution >= 0.6 is 0 Å². The summed E-state index contributed by atoms with van der Waals surface area (Å²) in [5.74, 6) is 0. The lowest BCUT2D eigenvalue weighted by Gasteiger charge is -2.02. The quantitative estimate of drug-likeness (QED) is 0.504. The molecular weight excluding hydrogens is 153 g/mol. The SMILES string of the molecule is C=C(N)c1cccc(B(O)O)c1. The second-order valence-electron chi connectivity index (χ2n) is 2.52. The van der Waals surface area contributed by atoms with Crippen LogP contribution in [-0.4, -0.2) is 17.2 Å². The zero-order chi connectivity index (χ0) is 9.14. The van der Waals surface area contributed by atoms with Crippen molar-refractivity contribution in [1.82, 2.24) is 0 Å². The molecule has 1 aromatic carbocycles. The van der Waals surface area contributed by atoms with Crippen LogP contribution in [0.3, 0.4) is 0 Å². The molecule has 4 heteroatoms. The molecule has 0 amide bonds. The van der Waals surface area contributed by atoms with E-state index in [-0.39, 0.29) is 0 Å². The Morgan fingerprint density at radius 1 is 1.42 bits per heavy atom. The van der Waals surface area contributed by atoms with E-state index in [2.05, 4.69) is 6.58 Å². The maximum atomic E-state index is 8.82. The largest absolute Gasteiger partial charge is 0.488 e. The van der Waals surface area contributed by atoms with Gasteiger partial charge in [0, 0.05) is 5.70 Å². The van der Waals surface area contributed by atoms with Gasteiger partial charge in [0.05, 0.1) is 0 Å². The summed E-state index contributed by atoms with van der Waals surface area (Å²) in [6.45, 7) is 3.54. The summed E-state index contributed by atoms with van der Waals surface area (Å²) in [5, 5.41) is 17.6. The van der Waals surface area contributed by atoms with Gasteiger partial charge in [-0.15, -0.1) is 0 Å². The van der Waals surface area contributed by atoms with E-state index in [1.54, 1.807) is 24.3 Å². The molecular formula is C8H10BNO2. The van der Waals surface area contributed by atoms with Crippen molar-refractivity contribution in [3.05, 3.63) is 36.4 Å².